The molecule has 0 saturated carbocycles. The fourth-order valence-electron chi connectivity index (χ4n) is 3.90. The molecular weight excluding hydrogens is 368 g/mol. The van der Waals surface area contributed by atoms with E-state index in [1.54, 1.807) is 31.3 Å². The third kappa shape index (κ3) is 4.36. The minimum absolute atomic E-state index is 0.0370. The summed E-state index contributed by atoms with van der Waals surface area (Å²) in [5, 5.41) is 2.99. The molecule has 2 amide bonds. The number of benzene rings is 2. The highest BCUT2D eigenvalue weighted by atomic mass is 16.5. The molecule has 0 aromatic heterocycles. The van der Waals surface area contributed by atoms with Gasteiger partial charge in [-0.3, -0.25) is 9.59 Å². The first kappa shape index (κ1) is 20.7. The van der Waals surface area contributed by atoms with Gasteiger partial charge >= 0.3 is 0 Å². The van der Waals surface area contributed by atoms with Crippen LogP contribution in [0.25, 0.3) is 0 Å². The van der Waals surface area contributed by atoms with Crippen molar-refractivity contribution in [1.82, 2.24) is 10.2 Å². The topological polar surface area (TPSA) is 67.9 Å². The molecule has 0 radical (unpaired) electrons. The van der Waals surface area contributed by atoms with E-state index < -0.39 is 0 Å². The van der Waals surface area contributed by atoms with Crippen LogP contribution >= 0.6 is 0 Å². The van der Waals surface area contributed by atoms with Crippen molar-refractivity contribution in [2.75, 3.05) is 33.9 Å². The molecule has 2 aromatic rings. The van der Waals surface area contributed by atoms with Crippen molar-refractivity contribution in [2.24, 2.45) is 5.92 Å². The second kappa shape index (κ2) is 9.45. The molecule has 1 aliphatic heterocycles. The molecule has 2 unspecified atom stereocenters. The number of carbonyl (C=O) groups is 2. The fraction of sp³-hybridized carbons (Fsp3) is 0.391. The van der Waals surface area contributed by atoms with Crippen LogP contribution in [0.15, 0.2) is 48.5 Å². The highest BCUT2D eigenvalue weighted by Crippen LogP contribution is 2.42. The minimum atomic E-state index is -0.352. The summed E-state index contributed by atoms with van der Waals surface area (Å²) in [5.74, 6) is 0.598. The summed E-state index contributed by atoms with van der Waals surface area (Å²) in [7, 11) is 3.18. The Hall–Kier alpha value is -3.02. The fourth-order valence-corrected chi connectivity index (χ4v) is 3.90. The number of rotatable bonds is 7. The van der Waals surface area contributed by atoms with Gasteiger partial charge in [0.15, 0.2) is 11.5 Å². The summed E-state index contributed by atoms with van der Waals surface area (Å²) in [6.45, 7) is 3.45. The summed E-state index contributed by atoms with van der Waals surface area (Å²) in [6.07, 6.45) is 0.859. The molecule has 1 N–H and O–H groups in total. The number of hydrogen-bond acceptors (Lipinski definition) is 4. The van der Waals surface area contributed by atoms with Crippen LogP contribution in [-0.2, 0) is 4.79 Å². The van der Waals surface area contributed by atoms with Gasteiger partial charge in [-0.15, -0.1) is 0 Å². The number of amides is 2. The number of para-hydroxylation sites is 1. The zero-order valence-corrected chi connectivity index (χ0v) is 17.2. The molecule has 6 nitrogen and oxygen atoms in total. The maximum Gasteiger partial charge on any atom is 0.253 e. The van der Waals surface area contributed by atoms with Gasteiger partial charge in [0.25, 0.3) is 5.91 Å². The first-order chi connectivity index (χ1) is 14.1. The number of carbonyl (C=O) groups excluding carboxylic acids is 2. The number of hydrogen-bond donors (Lipinski definition) is 1. The van der Waals surface area contributed by atoms with Crippen molar-refractivity contribution in [3.63, 3.8) is 0 Å². The Labute approximate surface area is 171 Å². The number of nitrogens with one attached hydrogen (secondary N) is 1. The Balaban J connectivity index is 1.94. The molecule has 6 heteroatoms. The monoisotopic (exact) mass is 396 g/mol. The Morgan fingerprint density at radius 3 is 2.45 bits per heavy atom. The van der Waals surface area contributed by atoms with E-state index in [1.165, 1.54) is 0 Å². The molecule has 3 rings (SSSR count). The lowest BCUT2D eigenvalue weighted by molar-refractivity contribution is -0.124. The maximum atomic E-state index is 13.0. The smallest absolute Gasteiger partial charge is 0.253 e. The average Bonchev–Trinajstić information content (AvgIpc) is 3.22. The first-order valence-corrected chi connectivity index (χ1v) is 9.93. The second-order valence-electron chi connectivity index (χ2n) is 7.16. The van der Waals surface area contributed by atoms with Crippen LogP contribution in [0.4, 0.5) is 0 Å². The van der Waals surface area contributed by atoms with Gasteiger partial charge in [-0.2, -0.15) is 0 Å². The van der Waals surface area contributed by atoms with Gasteiger partial charge in [-0.25, -0.2) is 0 Å². The van der Waals surface area contributed by atoms with E-state index in [9.17, 15) is 9.59 Å². The van der Waals surface area contributed by atoms with Crippen LogP contribution in [0.5, 0.6) is 11.5 Å². The van der Waals surface area contributed by atoms with Crippen molar-refractivity contribution in [3.8, 4) is 11.5 Å². The van der Waals surface area contributed by atoms with Crippen molar-refractivity contribution >= 4 is 11.8 Å². The number of ether oxygens (including phenoxy) is 2. The van der Waals surface area contributed by atoms with E-state index in [4.69, 9.17) is 9.47 Å². The molecule has 1 aliphatic rings. The van der Waals surface area contributed by atoms with Crippen LogP contribution in [0.1, 0.15) is 35.2 Å². The standard InChI is InChI=1S/C23H28N2O4/c1-4-13-24-22(26)19-15-25(23(27)16-9-6-5-7-10-16)14-18(19)17-11-8-12-20(28-2)21(17)29-3/h5-12,18-19H,4,13-15H2,1-3H3,(H,24,26). The predicted molar refractivity (Wildman–Crippen MR) is 111 cm³/mol. The molecule has 29 heavy (non-hydrogen) atoms. The number of nitrogens with zero attached hydrogens (tertiary/aromatic N) is 1. The highest BCUT2D eigenvalue weighted by Gasteiger charge is 2.42. The normalized spacial score (nSPS) is 18.4. The summed E-state index contributed by atoms with van der Waals surface area (Å²) in [6, 6.07) is 14.8. The van der Waals surface area contributed by atoms with Gasteiger partial charge in [0.05, 0.1) is 20.1 Å². The van der Waals surface area contributed by atoms with Crippen molar-refractivity contribution < 1.29 is 19.1 Å². The van der Waals surface area contributed by atoms with Gasteiger partial charge in [0.2, 0.25) is 5.91 Å². The Morgan fingerprint density at radius 1 is 1.03 bits per heavy atom. The predicted octanol–water partition coefficient (Wildman–Crippen LogP) is 3.09. The maximum absolute atomic E-state index is 13.0. The van der Waals surface area contributed by atoms with Gasteiger partial charge in [-0.05, 0) is 24.6 Å². The van der Waals surface area contributed by atoms with E-state index in [0.717, 1.165) is 12.0 Å². The average molecular weight is 396 g/mol. The SMILES string of the molecule is CCCNC(=O)C1CN(C(=O)c2ccccc2)CC1c1cccc(OC)c1OC. The van der Waals surface area contributed by atoms with E-state index in [-0.39, 0.29) is 23.7 Å². The highest BCUT2D eigenvalue weighted by molar-refractivity contribution is 5.95. The summed E-state index contributed by atoms with van der Waals surface area (Å²) in [4.78, 5) is 27.7. The lowest BCUT2D eigenvalue weighted by atomic mass is 9.87. The molecule has 2 atom stereocenters. The van der Waals surface area contributed by atoms with Crippen LogP contribution in [0.2, 0.25) is 0 Å². The van der Waals surface area contributed by atoms with Crippen LogP contribution in [-0.4, -0.2) is 50.6 Å². The van der Waals surface area contributed by atoms with E-state index in [1.807, 2.05) is 43.3 Å². The van der Waals surface area contributed by atoms with Crippen molar-refractivity contribution in [1.29, 1.82) is 0 Å². The summed E-state index contributed by atoms with van der Waals surface area (Å²) < 4.78 is 11.0. The summed E-state index contributed by atoms with van der Waals surface area (Å²) in [5.41, 5.74) is 1.50. The Bertz CT molecular complexity index is 853. The molecule has 2 aromatic carbocycles. The number of methoxy groups -OCH3 is 2. The Morgan fingerprint density at radius 2 is 1.79 bits per heavy atom. The van der Waals surface area contributed by atoms with Gasteiger partial charge < -0.3 is 19.7 Å². The van der Waals surface area contributed by atoms with Crippen molar-refractivity contribution in [2.45, 2.75) is 19.3 Å². The zero-order chi connectivity index (χ0) is 20.8. The molecule has 0 bridgehead atoms. The van der Waals surface area contributed by atoms with Gasteiger partial charge in [-0.1, -0.05) is 37.3 Å². The lowest BCUT2D eigenvalue weighted by Crippen LogP contribution is -2.36. The third-order valence-electron chi connectivity index (χ3n) is 5.35. The van der Waals surface area contributed by atoms with Crippen LogP contribution in [0, 0.1) is 5.92 Å². The van der Waals surface area contributed by atoms with E-state index in [0.29, 0.717) is 36.7 Å². The van der Waals surface area contributed by atoms with Gasteiger partial charge in [0.1, 0.15) is 0 Å². The zero-order valence-electron chi connectivity index (χ0n) is 17.2. The molecule has 1 saturated heterocycles. The molecule has 154 valence electrons. The first-order valence-electron chi connectivity index (χ1n) is 9.93. The van der Waals surface area contributed by atoms with Crippen molar-refractivity contribution in [3.05, 3.63) is 59.7 Å². The van der Waals surface area contributed by atoms with E-state index in [2.05, 4.69) is 5.32 Å². The lowest BCUT2D eigenvalue weighted by Gasteiger charge is -2.21. The minimum Gasteiger partial charge on any atom is -0.493 e. The molecule has 1 fully saturated rings. The molecular formula is C23H28N2O4. The third-order valence-corrected chi connectivity index (χ3v) is 5.35. The quantitative estimate of drug-likeness (QED) is 0.781. The molecule has 1 heterocycles. The Kier molecular flexibility index (Phi) is 6.75. The second-order valence-corrected chi connectivity index (χ2v) is 7.16. The number of likely N-dealkylation sites (tertiary alicyclic amines) is 1. The largest absolute Gasteiger partial charge is 0.493 e. The van der Waals surface area contributed by atoms with Crippen LogP contribution < -0.4 is 14.8 Å². The van der Waals surface area contributed by atoms with E-state index >= 15 is 0 Å². The summed E-state index contributed by atoms with van der Waals surface area (Å²) >= 11 is 0. The molecule has 0 aliphatic carbocycles. The van der Waals surface area contributed by atoms with Crippen LogP contribution in [0.3, 0.4) is 0 Å². The van der Waals surface area contributed by atoms with Gasteiger partial charge in [0, 0.05) is 36.7 Å². The molecule has 0 spiro atoms.